The van der Waals surface area contributed by atoms with Gasteiger partial charge in [0, 0.05) is 31.1 Å². The number of sulfonamides is 1. The molecule has 0 radical (unpaired) electrons. The van der Waals surface area contributed by atoms with E-state index in [-0.39, 0.29) is 24.8 Å². The highest BCUT2D eigenvalue weighted by molar-refractivity contribution is 7.92. The molecule has 7 nitrogen and oxygen atoms in total. The van der Waals surface area contributed by atoms with E-state index < -0.39 is 16.1 Å². The zero-order valence-electron chi connectivity index (χ0n) is 21.8. The van der Waals surface area contributed by atoms with E-state index >= 15 is 0 Å². The van der Waals surface area contributed by atoms with Crippen LogP contribution in [0.3, 0.4) is 0 Å². The number of rotatable bonds is 13. The Balaban J connectivity index is 2.20. The van der Waals surface area contributed by atoms with Gasteiger partial charge in [0.25, 0.3) is 0 Å². The van der Waals surface area contributed by atoms with Crippen LogP contribution in [0.1, 0.15) is 51.2 Å². The van der Waals surface area contributed by atoms with Crippen molar-refractivity contribution in [3.8, 4) is 0 Å². The number of nitrogens with zero attached hydrogens (tertiary/aromatic N) is 2. The summed E-state index contributed by atoms with van der Waals surface area (Å²) in [5.41, 5.74) is 2.51. The quantitative estimate of drug-likeness (QED) is 0.400. The van der Waals surface area contributed by atoms with Gasteiger partial charge in [-0.1, -0.05) is 62.2 Å². The van der Waals surface area contributed by atoms with Crippen molar-refractivity contribution in [2.45, 2.75) is 59.5 Å². The van der Waals surface area contributed by atoms with Crippen molar-refractivity contribution < 1.29 is 18.0 Å². The van der Waals surface area contributed by atoms with E-state index in [1.54, 1.807) is 29.2 Å². The van der Waals surface area contributed by atoms with Gasteiger partial charge in [0.1, 0.15) is 6.04 Å². The lowest BCUT2D eigenvalue weighted by Crippen LogP contribution is -2.49. The van der Waals surface area contributed by atoms with Crippen LogP contribution in [0.25, 0.3) is 0 Å². The van der Waals surface area contributed by atoms with Gasteiger partial charge in [-0.15, -0.1) is 0 Å². The first-order chi connectivity index (χ1) is 16.9. The fourth-order valence-corrected chi connectivity index (χ4v) is 5.05. The fourth-order valence-electron chi connectivity index (χ4n) is 3.96. The Labute approximate surface area is 220 Å². The highest BCUT2D eigenvalue weighted by Crippen LogP contribution is 2.22. The average Bonchev–Trinajstić information content (AvgIpc) is 2.80. The molecule has 0 fully saturated rings. The normalized spacial score (nSPS) is 12.3. The summed E-state index contributed by atoms with van der Waals surface area (Å²) in [4.78, 5) is 28.1. The summed E-state index contributed by atoms with van der Waals surface area (Å²) in [7, 11) is -3.55. The maximum Gasteiger partial charge on any atom is 0.242 e. The lowest BCUT2D eigenvalue weighted by Gasteiger charge is -2.31. The zero-order valence-corrected chi connectivity index (χ0v) is 23.4. The third kappa shape index (κ3) is 9.13. The van der Waals surface area contributed by atoms with Crippen LogP contribution in [0.15, 0.2) is 48.5 Å². The molecule has 0 aliphatic heterocycles. The van der Waals surface area contributed by atoms with Gasteiger partial charge in [0.2, 0.25) is 21.8 Å². The number of nitrogens with one attached hydrogen (secondary N) is 1. The number of aryl methyl sites for hydroxylation is 1. The zero-order chi connectivity index (χ0) is 26.9. The molecule has 0 heterocycles. The largest absolute Gasteiger partial charge is 0.354 e. The van der Waals surface area contributed by atoms with Crippen molar-refractivity contribution in [1.82, 2.24) is 10.2 Å². The summed E-state index contributed by atoms with van der Waals surface area (Å²) < 4.78 is 26.1. The molecule has 0 saturated carbocycles. The van der Waals surface area contributed by atoms with Crippen LogP contribution in [0.4, 0.5) is 5.69 Å². The van der Waals surface area contributed by atoms with Crippen LogP contribution in [0.5, 0.6) is 0 Å². The van der Waals surface area contributed by atoms with Crippen molar-refractivity contribution in [2.24, 2.45) is 5.92 Å². The number of anilines is 1. The van der Waals surface area contributed by atoms with Crippen LogP contribution in [0.2, 0.25) is 5.02 Å². The van der Waals surface area contributed by atoms with E-state index in [1.165, 1.54) is 4.31 Å². The molecule has 0 unspecified atom stereocenters. The number of amides is 2. The minimum Gasteiger partial charge on any atom is -0.354 e. The molecular formula is C27H38ClN3O4S. The minimum atomic E-state index is -3.55. The molecule has 36 heavy (non-hydrogen) atoms. The smallest absolute Gasteiger partial charge is 0.242 e. The fraction of sp³-hybridized carbons (Fsp3) is 0.481. The Morgan fingerprint density at radius 1 is 1.08 bits per heavy atom. The first-order valence-corrected chi connectivity index (χ1v) is 14.5. The van der Waals surface area contributed by atoms with Gasteiger partial charge in [-0.2, -0.15) is 0 Å². The second-order valence-corrected chi connectivity index (χ2v) is 11.8. The van der Waals surface area contributed by atoms with Gasteiger partial charge in [-0.3, -0.25) is 13.9 Å². The molecule has 0 aromatic heterocycles. The maximum atomic E-state index is 13.4. The third-order valence-electron chi connectivity index (χ3n) is 5.77. The number of hydrogen-bond acceptors (Lipinski definition) is 4. The monoisotopic (exact) mass is 535 g/mol. The number of carbonyl (C=O) groups is 2. The molecular weight excluding hydrogens is 498 g/mol. The Morgan fingerprint density at radius 3 is 2.31 bits per heavy atom. The summed E-state index contributed by atoms with van der Waals surface area (Å²) in [5.74, 6) is -0.0686. The SMILES string of the molecule is CC[C@@H](C(=O)NCC(C)C)N(Cc1cccc(C)c1)C(=O)CCCN(c1ccc(Cl)cc1)S(C)(=O)=O. The maximum absolute atomic E-state index is 13.4. The Kier molecular flexibility index (Phi) is 11.2. The van der Waals surface area contributed by atoms with Gasteiger partial charge in [0.15, 0.2) is 0 Å². The third-order valence-corrected chi connectivity index (χ3v) is 7.22. The van der Waals surface area contributed by atoms with Crippen molar-refractivity contribution >= 4 is 39.1 Å². The highest BCUT2D eigenvalue weighted by Gasteiger charge is 2.29. The topological polar surface area (TPSA) is 86.8 Å². The van der Waals surface area contributed by atoms with Gasteiger partial charge in [-0.25, -0.2) is 8.42 Å². The average molecular weight is 536 g/mol. The molecule has 0 aliphatic rings. The van der Waals surface area contributed by atoms with Crippen molar-refractivity contribution in [3.63, 3.8) is 0 Å². The van der Waals surface area contributed by atoms with Gasteiger partial charge >= 0.3 is 0 Å². The molecule has 1 N–H and O–H groups in total. The van der Waals surface area contributed by atoms with Gasteiger partial charge in [-0.05, 0) is 55.5 Å². The molecule has 0 saturated heterocycles. The van der Waals surface area contributed by atoms with E-state index in [4.69, 9.17) is 11.6 Å². The molecule has 1 atom stereocenters. The Bertz CT molecular complexity index is 1120. The van der Waals surface area contributed by atoms with E-state index in [0.717, 1.165) is 17.4 Å². The first-order valence-electron chi connectivity index (χ1n) is 12.3. The van der Waals surface area contributed by atoms with Crippen molar-refractivity contribution in [2.75, 3.05) is 23.7 Å². The summed E-state index contributed by atoms with van der Waals surface area (Å²) in [5, 5.41) is 3.46. The lowest BCUT2D eigenvalue weighted by atomic mass is 10.1. The van der Waals surface area contributed by atoms with E-state index in [0.29, 0.717) is 42.6 Å². The lowest BCUT2D eigenvalue weighted by molar-refractivity contribution is -0.141. The molecule has 0 spiro atoms. The summed E-state index contributed by atoms with van der Waals surface area (Å²) in [6.45, 7) is 8.89. The molecule has 2 aromatic rings. The summed E-state index contributed by atoms with van der Waals surface area (Å²) in [6, 6.07) is 13.8. The summed E-state index contributed by atoms with van der Waals surface area (Å²) in [6.07, 6.45) is 2.03. The number of hydrogen-bond donors (Lipinski definition) is 1. The van der Waals surface area contributed by atoms with E-state index in [2.05, 4.69) is 5.32 Å². The molecule has 198 valence electrons. The number of benzene rings is 2. The molecule has 2 amide bonds. The second kappa shape index (κ2) is 13.7. The van der Waals surface area contributed by atoms with Crippen LogP contribution < -0.4 is 9.62 Å². The van der Waals surface area contributed by atoms with Crippen LogP contribution in [-0.4, -0.2) is 50.5 Å². The Hall–Kier alpha value is -2.58. The second-order valence-electron chi connectivity index (χ2n) is 9.49. The Morgan fingerprint density at radius 2 is 1.75 bits per heavy atom. The number of halogens is 1. The van der Waals surface area contributed by atoms with E-state index in [1.807, 2.05) is 52.0 Å². The molecule has 2 rings (SSSR count). The van der Waals surface area contributed by atoms with Gasteiger partial charge in [0.05, 0.1) is 11.9 Å². The summed E-state index contributed by atoms with van der Waals surface area (Å²) >= 11 is 5.95. The first kappa shape index (κ1) is 29.6. The molecule has 9 heteroatoms. The predicted molar refractivity (Wildman–Crippen MR) is 147 cm³/mol. The number of carbonyl (C=O) groups excluding carboxylic acids is 2. The van der Waals surface area contributed by atoms with Crippen LogP contribution >= 0.6 is 11.6 Å². The molecule has 0 bridgehead atoms. The van der Waals surface area contributed by atoms with Crippen LogP contribution in [0, 0.1) is 12.8 Å². The predicted octanol–water partition coefficient (Wildman–Crippen LogP) is 4.77. The minimum absolute atomic E-state index is 0.111. The van der Waals surface area contributed by atoms with Crippen molar-refractivity contribution in [3.05, 3.63) is 64.7 Å². The van der Waals surface area contributed by atoms with Crippen molar-refractivity contribution in [1.29, 1.82) is 0 Å². The molecule has 0 aliphatic carbocycles. The standard InChI is InChI=1S/C27H38ClN3O4S/c1-6-25(27(33)29-18-20(2)3)30(19-22-10-7-9-21(4)17-22)26(32)11-8-16-31(36(5,34)35)24-14-12-23(28)13-15-24/h7,9-10,12-15,17,20,25H,6,8,11,16,18-19H2,1-5H3,(H,29,33)/t25-/m0/s1. The van der Waals surface area contributed by atoms with E-state index in [9.17, 15) is 18.0 Å². The van der Waals surface area contributed by atoms with Gasteiger partial charge < -0.3 is 10.2 Å². The molecule has 2 aromatic carbocycles. The highest BCUT2D eigenvalue weighted by atomic mass is 35.5. The van der Waals surface area contributed by atoms with Crippen LogP contribution in [-0.2, 0) is 26.2 Å².